The molecular weight excluding hydrogens is 280 g/mol. The summed E-state index contributed by atoms with van der Waals surface area (Å²) in [5, 5.41) is 0. The lowest BCUT2D eigenvalue weighted by Crippen LogP contribution is -2.42. The Bertz CT molecular complexity index is 272. The molecule has 0 radical (unpaired) electrons. The van der Waals surface area contributed by atoms with E-state index in [9.17, 15) is 8.42 Å². The number of alkyl halides is 1. The van der Waals surface area contributed by atoms with E-state index < -0.39 is 10.2 Å². The Morgan fingerprint density at radius 2 is 1.80 bits per heavy atom. The molecule has 0 amide bonds. The third-order valence-electron chi connectivity index (χ3n) is 2.45. The molecule has 1 saturated heterocycles. The number of hydrogen-bond donors (Lipinski definition) is 1. The van der Waals surface area contributed by atoms with Gasteiger partial charge in [0.1, 0.15) is 0 Å². The fourth-order valence-electron chi connectivity index (χ4n) is 1.59. The summed E-state index contributed by atoms with van der Waals surface area (Å²) in [7, 11) is -3.25. The molecule has 6 heteroatoms. The highest BCUT2D eigenvalue weighted by atomic mass is 79.9. The van der Waals surface area contributed by atoms with Gasteiger partial charge in [-0.1, -0.05) is 35.7 Å². The molecule has 1 fully saturated rings. The van der Waals surface area contributed by atoms with Gasteiger partial charge in [-0.15, -0.1) is 0 Å². The van der Waals surface area contributed by atoms with Gasteiger partial charge in [-0.3, -0.25) is 0 Å². The minimum absolute atomic E-state index is 0.166. The summed E-state index contributed by atoms with van der Waals surface area (Å²) in [4.78, 5) is 0.166. The van der Waals surface area contributed by atoms with Gasteiger partial charge in [0, 0.05) is 24.5 Å². The molecular formula is C9H19BrN2O2S. The van der Waals surface area contributed by atoms with Crippen molar-refractivity contribution in [2.75, 3.05) is 19.6 Å². The first-order valence-corrected chi connectivity index (χ1v) is 7.77. The molecule has 0 bridgehead atoms. The van der Waals surface area contributed by atoms with Crippen molar-refractivity contribution < 1.29 is 8.42 Å². The first kappa shape index (κ1) is 13.4. The molecule has 1 aliphatic rings. The van der Waals surface area contributed by atoms with E-state index in [0.717, 1.165) is 25.7 Å². The highest BCUT2D eigenvalue weighted by molar-refractivity contribution is 9.09. The Hall–Kier alpha value is 0.350. The number of nitrogens with one attached hydrogen (secondary N) is 1. The maximum absolute atomic E-state index is 11.8. The van der Waals surface area contributed by atoms with E-state index in [4.69, 9.17) is 0 Å². The summed E-state index contributed by atoms with van der Waals surface area (Å²) < 4.78 is 27.8. The molecule has 0 aliphatic carbocycles. The SMILES string of the molecule is CC(Br)CNS(=O)(=O)N1CCCCCC1. The summed E-state index contributed by atoms with van der Waals surface area (Å²) in [6, 6.07) is 0. The quantitative estimate of drug-likeness (QED) is 0.799. The van der Waals surface area contributed by atoms with Crippen molar-refractivity contribution in [3.63, 3.8) is 0 Å². The van der Waals surface area contributed by atoms with Crippen LogP contribution in [0.5, 0.6) is 0 Å². The Kier molecular flexibility index (Phi) is 5.52. The van der Waals surface area contributed by atoms with Crippen molar-refractivity contribution in [1.82, 2.24) is 9.03 Å². The van der Waals surface area contributed by atoms with Gasteiger partial charge in [-0.25, -0.2) is 4.72 Å². The van der Waals surface area contributed by atoms with Crippen molar-refractivity contribution in [3.05, 3.63) is 0 Å². The Labute approximate surface area is 101 Å². The van der Waals surface area contributed by atoms with Crippen LogP contribution in [0.15, 0.2) is 0 Å². The molecule has 1 aliphatic heterocycles. The molecule has 15 heavy (non-hydrogen) atoms. The van der Waals surface area contributed by atoms with Crippen LogP contribution in [0.4, 0.5) is 0 Å². The smallest absolute Gasteiger partial charge is 0.201 e. The monoisotopic (exact) mass is 298 g/mol. The molecule has 1 rings (SSSR count). The molecule has 4 nitrogen and oxygen atoms in total. The first-order chi connectivity index (χ1) is 7.02. The Morgan fingerprint density at radius 3 is 2.27 bits per heavy atom. The normalized spacial score (nSPS) is 22.3. The lowest BCUT2D eigenvalue weighted by Gasteiger charge is -2.20. The standard InChI is InChI=1S/C9H19BrN2O2S/c1-9(10)8-11-15(13,14)12-6-4-2-3-5-7-12/h9,11H,2-8H2,1H3. The fourth-order valence-corrected chi connectivity index (χ4v) is 3.35. The molecule has 0 aromatic rings. The Morgan fingerprint density at radius 1 is 1.27 bits per heavy atom. The maximum atomic E-state index is 11.8. The zero-order chi connectivity index (χ0) is 11.3. The van der Waals surface area contributed by atoms with Crippen LogP contribution in [0.2, 0.25) is 0 Å². The minimum atomic E-state index is -3.25. The van der Waals surface area contributed by atoms with E-state index in [0.29, 0.717) is 19.6 Å². The summed E-state index contributed by atoms with van der Waals surface area (Å²) in [5.74, 6) is 0. The molecule has 1 N–H and O–H groups in total. The second-order valence-electron chi connectivity index (χ2n) is 3.95. The van der Waals surface area contributed by atoms with Gasteiger partial charge in [-0.2, -0.15) is 12.7 Å². The van der Waals surface area contributed by atoms with Crippen molar-refractivity contribution in [1.29, 1.82) is 0 Å². The van der Waals surface area contributed by atoms with Crippen molar-refractivity contribution in [2.45, 2.75) is 37.4 Å². The van der Waals surface area contributed by atoms with Crippen LogP contribution in [0.1, 0.15) is 32.6 Å². The van der Waals surface area contributed by atoms with E-state index >= 15 is 0 Å². The molecule has 0 spiro atoms. The minimum Gasteiger partial charge on any atom is -0.201 e. The highest BCUT2D eigenvalue weighted by Gasteiger charge is 2.22. The lowest BCUT2D eigenvalue weighted by atomic mass is 10.2. The lowest BCUT2D eigenvalue weighted by molar-refractivity contribution is 0.415. The molecule has 0 aromatic heterocycles. The average Bonchev–Trinajstić information content (AvgIpc) is 2.43. The van der Waals surface area contributed by atoms with Gasteiger partial charge in [0.25, 0.3) is 10.2 Å². The molecule has 0 saturated carbocycles. The highest BCUT2D eigenvalue weighted by Crippen LogP contribution is 2.12. The van der Waals surface area contributed by atoms with E-state index in [1.165, 1.54) is 0 Å². The second-order valence-corrected chi connectivity index (χ2v) is 7.27. The zero-order valence-electron chi connectivity index (χ0n) is 9.08. The van der Waals surface area contributed by atoms with Crippen molar-refractivity contribution >= 4 is 26.1 Å². The van der Waals surface area contributed by atoms with Crippen molar-refractivity contribution in [2.24, 2.45) is 0 Å². The molecule has 1 unspecified atom stereocenters. The van der Waals surface area contributed by atoms with Crippen LogP contribution in [0.3, 0.4) is 0 Å². The van der Waals surface area contributed by atoms with Crippen LogP contribution in [0, 0.1) is 0 Å². The summed E-state index contributed by atoms with van der Waals surface area (Å²) in [5.41, 5.74) is 0. The van der Waals surface area contributed by atoms with Crippen LogP contribution in [0.25, 0.3) is 0 Å². The van der Waals surface area contributed by atoms with E-state index in [1.807, 2.05) is 6.92 Å². The third-order valence-corrected chi connectivity index (χ3v) is 4.35. The van der Waals surface area contributed by atoms with Crippen LogP contribution >= 0.6 is 15.9 Å². The second kappa shape index (κ2) is 6.18. The first-order valence-electron chi connectivity index (χ1n) is 5.41. The maximum Gasteiger partial charge on any atom is 0.279 e. The number of nitrogens with zero attached hydrogens (tertiary/aromatic N) is 1. The number of rotatable bonds is 4. The zero-order valence-corrected chi connectivity index (χ0v) is 11.5. The summed E-state index contributed by atoms with van der Waals surface area (Å²) in [6.45, 7) is 3.68. The van der Waals surface area contributed by atoms with Gasteiger partial charge in [-0.05, 0) is 12.8 Å². The van der Waals surface area contributed by atoms with E-state index in [1.54, 1.807) is 4.31 Å². The predicted molar refractivity (Wildman–Crippen MR) is 65.4 cm³/mol. The molecule has 1 atom stereocenters. The predicted octanol–water partition coefficient (Wildman–Crippen LogP) is 1.48. The largest absolute Gasteiger partial charge is 0.279 e. The van der Waals surface area contributed by atoms with E-state index in [2.05, 4.69) is 20.7 Å². The number of halogens is 1. The van der Waals surface area contributed by atoms with Crippen LogP contribution in [-0.4, -0.2) is 37.2 Å². The summed E-state index contributed by atoms with van der Waals surface area (Å²) >= 11 is 3.32. The fraction of sp³-hybridized carbons (Fsp3) is 1.00. The van der Waals surface area contributed by atoms with Gasteiger partial charge in [0.2, 0.25) is 0 Å². The molecule has 0 aromatic carbocycles. The topological polar surface area (TPSA) is 49.4 Å². The average molecular weight is 299 g/mol. The van der Waals surface area contributed by atoms with Crippen molar-refractivity contribution in [3.8, 4) is 0 Å². The van der Waals surface area contributed by atoms with Gasteiger partial charge in [0.05, 0.1) is 0 Å². The Balaban J connectivity index is 2.51. The van der Waals surface area contributed by atoms with Gasteiger partial charge >= 0.3 is 0 Å². The van der Waals surface area contributed by atoms with Gasteiger partial charge in [0.15, 0.2) is 0 Å². The number of hydrogen-bond acceptors (Lipinski definition) is 2. The van der Waals surface area contributed by atoms with E-state index in [-0.39, 0.29) is 4.83 Å². The van der Waals surface area contributed by atoms with Gasteiger partial charge < -0.3 is 0 Å². The molecule has 90 valence electrons. The third kappa shape index (κ3) is 4.80. The van der Waals surface area contributed by atoms with Crippen LogP contribution < -0.4 is 4.72 Å². The van der Waals surface area contributed by atoms with Crippen LogP contribution in [-0.2, 0) is 10.2 Å². The summed E-state index contributed by atoms with van der Waals surface area (Å²) in [6.07, 6.45) is 4.23. The molecule has 1 heterocycles.